The van der Waals surface area contributed by atoms with Gasteiger partial charge in [-0.1, -0.05) is 12.1 Å². The second kappa shape index (κ2) is 7.64. The SMILES string of the molecule is COc1ccccc1NC(=O)CNCC(=O)NC(C)(C)C. The predicted octanol–water partition coefficient (Wildman–Crippen LogP) is 1.14. The van der Waals surface area contributed by atoms with Gasteiger partial charge < -0.3 is 15.4 Å². The highest BCUT2D eigenvalue weighted by Gasteiger charge is 2.13. The number of carbonyl (C=O) groups is 2. The predicted molar refractivity (Wildman–Crippen MR) is 82.4 cm³/mol. The first-order valence-electron chi connectivity index (χ1n) is 6.76. The van der Waals surface area contributed by atoms with Crippen molar-refractivity contribution in [1.29, 1.82) is 0 Å². The van der Waals surface area contributed by atoms with Crippen molar-refractivity contribution in [3.05, 3.63) is 24.3 Å². The lowest BCUT2D eigenvalue weighted by atomic mass is 10.1. The number of hydrogen-bond donors (Lipinski definition) is 3. The van der Waals surface area contributed by atoms with Gasteiger partial charge in [0.15, 0.2) is 0 Å². The zero-order chi connectivity index (χ0) is 15.9. The first kappa shape index (κ1) is 17.0. The van der Waals surface area contributed by atoms with Gasteiger partial charge in [0.05, 0.1) is 25.9 Å². The lowest BCUT2D eigenvalue weighted by Crippen LogP contribution is -2.45. The van der Waals surface area contributed by atoms with Gasteiger partial charge in [-0.25, -0.2) is 0 Å². The molecule has 1 aromatic carbocycles. The summed E-state index contributed by atoms with van der Waals surface area (Å²) in [6.07, 6.45) is 0. The number of benzene rings is 1. The van der Waals surface area contributed by atoms with Crippen LogP contribution in [-0.4, -0.2) is 37.6 Å². The Hall–Kier alpha value is -2.08. The minimum Gasteiger partial charge on any atom is -0.495 e. The molecule has 0 heterocycles. The number of rotatable bonds is 6. The Kier molecular flexibility index (Phi) is 6.17. The van der Waals surface area contributed by atoms with Crippen LogP contribution in [0.4, 0.5) is 5.69 Å². The third-order valence-corrected chi connectivity index (χ3v) is 2.47. The Labute approximate surface area is 125 Å². The molecule has 0 atom stereocenters. The van der Waals surface area contributed by atoms with E-state index in [1.165, 1.54) is 0 Å². The molecule has 0 aromatic heterocycles. The molecule has 0 bridgehead atoms. The summed E-state index contributed by atoms with van der Waals surface area (Å²) in [5.41, 5.74) is 0.323. The third kappa shape index (κ3) is 6.76. The minimum atomic E-state index is -0.279. The number of para-hydroxylation sites is 2. The topological polar surface area (TPSA) is 79.5 Å². The van der Waals surface area contributed by atoms with Crippen LogP contribution in [0.25, 0.3) is 0 Å². The van der Waals surface area contributed by atoms with E-state index in [1.807, 2.05) is 32.9 Å². The van der Waals surface area contributed by atoms with Crippen molar-refractivity contribution in [3.8, 4) is 5.75 Å². The van der Waals surface area contributed by atoms with E-state index >= 15 is 0 Å². The van der Waals surface area contributed by atoms with Crippen molar-refractivity contribution in [2.45, 2.75) is 26.3 Å². The van der Waals surface area contributed by atoms with Crippen molar-refractivity contribution in [3.63, 3.8) is 0 Å². The fourth-order valence-electron chi connectivity index (χ4n) is 1.69. The molecule has 0 aliphatic rings. The van der Waals surface area contributed by atoms with Crippen LogP contribution < -0.4 is 20.7 Å². The Morgan fingerprint density at radius 1 is 1.10 bits per heavy atom. The Bertz CT molecular complexity index is 495. The maximum atomic E-state index is 11.8. The highest BCUT2D eigenvalue weighted by atomic mass is 16.5. The molecule has 3 N–H and O–H groups in total. The van der Waals surface area contributed by atoms with Crippen LogP contribution in [0.2, 0.25) is 0 Å². The molecule has 6 nitrogen and oxygen atoms in total. The van der Waals surface area contributed by atoms with E-state index in [2.05, 4.69) is 16.0 Å². The Morgan fingerprint density at radius 2 is 1.71 bits per heavy atom. The Morgan fingerprint density at radius 3 is 2.33 bits per heavy atom. The smallest absolute Gasteiger partial charge is 0.238 e. The molecule has 2 amide bonds. The van der Waals surface area contributed by atoms with Gasteiger partial charge in [0, 0.05) is 5.54 Å². The van der Waals surface area contributed by atoms with E-state index in [0.29, 0.717) is 11.4 Å². The number of carbonyl (C=O) groups excluding carboxylic acids is 2. The molecule has 1 aromatic rings. The molecule has 1 rings (SSSR count). The van der Waals surface area contributed by atoms with Gasteiger partial charge in [-0.3, -0.25) is 14.9 Å². The Balaban J connectivity index is 2.36. The molecule has 0 spiro atoms. The van der Waals surface area contributed by atoms with Crippen LogP contribution in [0.1, 0.15) is 20.8 Å². The van der Waals surface area contributed by atoms with Crippen LogP contribution in [0.15, 0.2) is 24.3 Å². The number of ether oxygens (including phenoxy) is 1. The second-order valence-corrected chi connectivity index (χ2v) is 5.65. The molecule has 21 heavy (non-hydrogen) atoms. The van der Waals surface area contributed by atoms with Gasteiger partial charge in [0.2, 0.25) is 11.8 Å². The zero-order valence-electron chi connectivity index (χ0n) is 12.9. The number of hydrogen-bond acceptors (Lipinski definition) is 4. The van der Waals surface area contributed by atoms with E-state index in [1.54, 1.807) is 19.2 Å². The standard InChI is InChI=1S/C15H23N3O3/c1-15(2,3)18-14(20)10-16-9-13(19)17-11-7-5-6-8-12(11)21-4/h5-8,16H,9-10H2,1-4H3,(H,17,19)(H,18,20). The summed E-state index contributed by atoms with van der Waals surface area (Å²) in [6, 6.07) is 7.15. The first-order valence-corrected chi connectivity index (χ1v) is 6.76. The van der Waals surface area contributed by atoms with E-state index in [4.69, 9.17) is 4.74 Å². The van der Waals surface area contributed by atoms with Crippen LogP contribution in [0.5, 0.6) is 5.75 Å². The quantitative estimate of drug-likeness (QED) is 0.735. The molecule has 6 heteroatoms. The fraction of sp³-hybridized carbons (Fsp3) is 0.467. The molecule has 0 fully saturated rings. The minimum absolute atomic E-state index is 0.0512. The highest BCUT2D eigenvalue weighted by Crippen LogP contribution is 2.22. The molecule has 0 aliphatic carbocycles. The van der Waals surface area contributed by atoms with Crippen molar-refractivity contribution < 1.29 is 14.3 Å². The van der Waals surface area contributed by atoms with Gasteiger partial charge in [-0.15, -0.1) is 0 Å². The van der Waals surface area contributed by atoms with Crippen molar-refractivity contribution in [2.24, 2.45) is 0 Å². The average Bonchev–Trinajstić information content (AvgIpc) is 2.37. The van der Waals surface area contributed by atoms with Crippen LogP contribution in [-0.2, 0) is 9.59 Å². The first-order chi connectivity index (χ1) is 9.81. The van der Waals surface area contributed by atoms with Crippen molar-refractivity contribution in [2.75, 3.05) is 25.5 Å². The molecule has 116 valence electrons. The third-order valence-electron chi connectivity index (χ3n) is 2.47. The van der Waals surface area contributed by atoms with Gasteiger partial charge in [-0.2, -0.15) is 0 Å². The monoisotopic (exact) mass is 293 g/mol. The molecule has 0 aliphatic heterocycles. The zero-order valence-corrected chi connectivity index (χ0v) is 12.9. The largest absolute Gasteiger partial charge is 0.495 e. The summed E-state index contributed by atoms with van der Waals surface area (Å²) >= 11 is 0. The van der Waals surface area contributed by atoms with E-state index in [-0.39, 0.29) is 30.4 Å². The van der Waals surface area contributed by atoms with Crippen molar-refractivity contribution in [1.82, 2.24) is 10.6 Å². The summed E-state index contributed by atoms with van der Waals surface area (Å²) in [4.78, 5) is 23.4. The van der Waals surface area contributed by atoms with Crippen molar-refractivity contribution >= 4 is 17.5 Å². The van der Waals surface area contributed by atoms with E-state index in [9.17, 15) is 9.59 Å². The molecular weight excluding hydrogens is 270 g/mol. The van der Waals surface area contributed by atoms with Crippen LogP contribution in [0.3, 0.4) is 0 Å². The lowest BCUT2D eigenvalue weighted by molar-refractivity contribution is -0.121. The summed E-state index contributed by atoms with van der Waals surface area (Å²) < 4.78 is 5.14. The number of methoxy groups -OCH3 is 1. The van der Waals surface area contributed by atoms with Gasteiger partial charge >= 0.3 is 0 Å². The van der Waals surface area contributed by atoms with Crippen LogP contribution >= 0.6 is 0 Å². The van der Waals surface area contributed by atoms with Gasteiger partial charge in [0.25, 0.3) is 0 Å². The van der Waals surface area contributed by atoms with E-state index in [0.717, 1.165) is 0 Å². The fourth-order valence-corrected chi connectivity index (χ4v) is 1.69. The van der Waals surface area contributed by atoms with Gasteiger partial charge in [0.1, 0.15) is 5.75 Å². The highest BCUT2D eigenvalue weighted by molar-refractivity contribution is 5.94. The van der Waals surface area contributed by atoms with Gasteiger partial charge in [-0.05, 0) is 32.9 Å². The summed E-state index contributed by atoms with van der Waals surface area (Å²) in [5, 5.41) is 8.33. The van der Waals surface area contributed by atoms with E-state index < -0.39 is 0 Å². The number of amides is 2. The molecule has 0 unspecified atom stereocenters. The molecule has 0 saturated carbocycles. The maximum absolute atomic E-state index is 11.8. The maximum Gasteiger partial charge on any atom is 0.238 e. The average molecular weight is 293 g/mol. The lowest BCUT2D eigenvalue weighted by Gasteiger charge is -2.20. The summed E-state index contributed by atoms with van der Waals surface area (Å²) in [5.74, 6) is 0.215. The summed E-state index contributed by atoms with van der Waals surface area (Å²) in [6.45, 7) is 5.85. The number of anilines is 1. The number of nitrogens with one attached hydrogen (secondary N) is 3. The normalized spacial score (nSPS) is 10.9. The van der Waals surface area contributed by atoms with Crippen LogP contribution in [0, 0.1) is 0 Å². The summed E-state index contributed by atoms with van der Waals surface area (Å²) in [7, 11) is 1.54. The molecule has 0 radical (unpaired) electrons. The molecular formula is C15H23N3O3. The molecule has 0 saturated heterocycles. The second-order valence-electron chi connectivity index (χ2n) is 5.65.